The number of nitrogens with two attached hydrogens (primary N) is 1. The summed E-state index contributed by atoms with van der Waals surface area (Å²) in [4.78, 5) is 0. The SMILES string of the molecule is CC(N)Cc1cccn1Cc1cc(F)cc(C#N)c1. The molecule has 4 heteroatoms. The topological polar surface area (TPSA) is 54.7 Å². The Morgan fingerprint density at radius 2 is 2.21 bits per heavy atom. The summed E-state index contributed by atoms with van der Waals surface area (Å²) in [6.07, 6.45) is 2.71. The largest absolute Gasteiger partial charge is 0.347 e. The highest BCUT2D eigenvalue weighted by Gasteiger charge is 2.06. The molecule has 0 aliphatic heterocycles. The highest BCUT2D eigenvalue weighted by atomic mass is 19.1. The second kappa shape index (κ2) is 5.68. The lowest BCUT2D eigenvalue weighted by atomic mass is 10.1. The lowest BCUT2D eigenvalue weighted by Gasteiger charge is -2.11. The average molecular weight is 257 g/mol. The third-order valence-electron chi connectivity index (χ3n) is 2.89. The molecule has 0 bridgehead atoms. The van der Waals surface area contributed by atoms with E-state index in [1.165, 1.54) is 12.1 Å². The van der Waals surface area contributed by atoms with E-state index in [-0.39, 0.29) is 11.9 Å². The van der Waals surface area contributed by atoms with Crippen LogP contribution in [0, 0.1) is 17.1 Å². The van der Waals surface area contributed by atoms with Crippen LogP contribution in [-0.4, -0.2) is 10.6 Å². The molecule has 0 aliphatic rings. The molecule has 0 saturated carbocycles. The zero-order valence-corrected chi connectivity index (χ0v) is 10.8. The fraction of sp³-hybridized carbons (Fsp3) is 0.267. The van der Waals surface area contributed by atoms with Gasteiger partial charge in [0.15, 0.2) is 0 Å². The van der Waals surface area contributed by atoms with Crippen LogP contribution in [0.4, 0.5) is 4.39 Å². The van der Waals surface area contributed by atoms with E-state index in [2.05, 4.69) is 0 Å². The monoisotopic (exact) mass is 257 g/mol. The van der Waals surface area contributed by atoms with Crippen molar-refractivity contribution in [2.45, 2.75) is 25.9 Å². The molecule has 2 aromatic rings. The highest BCUT2D eigenvalue weighted by Crippen LogP contribution is 2.13. The standard InChI is InChI=1S/C15H16FN3/c1-11(18)5-15-3-2-4-19(15)10-13-6-12(9-17)7-14(16)8-13/h2-4,6-8,11H,5,10,18H2,1H3. The molecule has 0 fully saturated rings. The molecular formula is C15H16FN3. The molecule has 19 heavy (non-hydrogen) atoms. The minimum absolute atomic E-state index is 0.0795. The van der Waals surface area contributed by atoms with Crippen LogP contribution in [0.2, 0.25) is 0 Å². The van der Waals surface area contributed by atoms with Crippen molar-refractivity contribution in [2.75, 3.05) is 0 Å². The molecular weight excluding hydrogens is 241 g/mol. The van der Waals surface area contributed by atoms with Crippen LogP contribution >= 0.6 is 0 Å². The summed E-state index contributed by atoms with van der Waals surface area (Å²) in [6, 6.07) is 10.4. The van der Waals surface area contributed by atoms with Gasteiger partial charge in [-0.2, -0.15) is 5.26 Å². The number of aromatic nitrogens is 1. The normalized spacial score (nSPS) is 12.1. The van der Waals surface area contributed by atoms with Gasteiger partial charge < -0.3 is 10.3 Å². The van der Waals surface area contributed by atoms with E-state index in [4.69, 9.17) is 11.0 Å². The Morgan fingerprint density at radius 3 is 2.89 bits per heavy atom. The Balaban J connectivity index is 2.24. The first-order chi connectivity index (χ1) is 9.08. The predicted molar refractivity (Wildman–Crippen MR) is 72.0 cm³/mol. The fourth-order valence-corrected chi connectivity index (χ4v) is 2.12. The minimum atomic E-state index is -0.380. The maximum absolute atomic E-state index is 13.4. The van der Waals surface area contributed by atoms with Gasteiger partial charge in [-0.05, 0) is 42.8 Å². The van der Waals surface area contributed by atoms with Crippen molar-refractivity contribution in [1.29, 1.82) is 5.26 Å². The van der Waals surface area contributed by atoms with Gasteiger partial charge in [0.1, 0.15) is 5.82 Å². The maximum Gasteiger partial charge on any atom is 0.124 e. The van der Waals surface area contributed by atoms with E-state index in [0.717, 1.165) is 17.7 Å². The number of nitrogens with zero attached hydrogens (tertiary/aromatic N) is 2. The first kappa shape index (κ1) is 13.3. The van der Waals surface area contributed by atoms with E-state index < -0.39 is 0 Å². The van der Waals surface area contributed by atoms with Crippen LogP contribution in [0.3, 0.4) is 0 Å². The molecule has 0 spiro atoms. The van der Waals surface area contributed by atoms with E-state index in [9.17, 15) is 4.39 Å². The van der Waals surface area contributed by atoms with Crippen LogP contribution in [0.15, 0.2) is 36.5 Å². The van der Waals surface area contributed by atoms with Gasteiger partial charge in [-0.15, -0.1) is 0 Å². The molecule has 1 aromatic heterocycles. The molecule has 1 heterocycles. The Hall–Kier alpha value is -2.12. The first-order valence-electron chi connectivity index (χ1n) is 6.17. The average Bonchev–Trinajstić information content (AvgIpc) is 2.75. The Kier molecular flexibility index (Phi) is 3.98. The maximum atomic E-state index is 13.4. The molecule has 1 atom stereocenters. The van der Waals surface area contributed by atoms with Gasteiger partial charge in [0.2, 0.25) is 0 Å². The van der Waals surface area contributed by atoms with E-state index in [1.807, 2.05) is 35.9 Å². The lowest BCUT2D eigenvalue weighted by molar-refractivity contribution is 0.620. The zero-order valence-electron chi connectivity index (χ0n) is 10.8. The summed E-state index contributed by atoms with van der Waals surface area (Å²) in [7, 11) is 0. The summed E-state index contributed by atoms with van der Waals surface area (Å²) in [6.45, 7) is 2.49. The number of nitriles is 1. The number of benzene rings is 1. The van der Waals surface area contributed by atoms with Crippen molar-refractivity contribution in [3.05, 3.63) is 59.2 Å². The Bertz CT molecular complexity index is 608. The summed E-state index contributed by atoms with van der Waals surface area (Å²) >= 11 is 0. The number of hydrogen-bond donors (Lipinski definition) is 1. The highest BCUT2D eigenvalue weighted by molar-refractivity contribution is 5.34. The molecule has 0 radical (unpaired) electrons. The van der Waals surface area contributed by atoms with E-state index >= 15 is 0 Å². The van der Waals surface area contributed by atoms with Crippen molar-refractivity contribution in [3.8, 4) is 6.07 Å². The van der Waals surface area contributed by atoms with Crippen molar-refractivity contribution < 1.29 is 4.39 Å². The molecule has 2 rings (SSSR count). The van der Waals surface area contributed by atoms with Gasteiger partial charge in [-0.1, -0.05) is 0 Å². The van der Waals surface area contributed by atoms with Gasteiger partial charge in [0.25, 0.3) is 0 Å². The van der Waals surface area contributed by atoms with Crippen LogP contribution in [0.5, 0.6) is 0 Å². The summed E-state index contributed by atoms with van der Waals surface area (Å²) in [5, 5.41) is 8.85. The van der Waals surface area contributed by atoms with Crippen LogP contribution in [0.25, 0.3) is 0 Å². The van der Waals surface area contributed by atoms with Crippen molar-refractivity contribution in [2.24, 2.45) is 5.73 Å². The minimum Gasteiger partial charge on any atom is -0.347 e. The molecule has 98 valence electrons. The summed E-state index contributed by atoms with van der Waals surface area (Å²) < 4.78 is 15.4. The van der Waals surface area contributed by atoms with Crippen LogP contribution in [0.1, 0.15) is 23.7 Å². The molecule has 1 unspecified atom stereocenters. The van der Waals surface area contributed by atoms with Crippen molar-refractivity contribution in [1.82, 2.24) is 4.57 Å². The molecule has 1 aromatic carbocycles. The van der Waals surface area contributed by atoms with Crippen molar-refractivity contribution in [3.63, 3.8) is 0 Å². The smallest absolute Gasteiger partial charge is 0.124 e. The quantitative estimate of drug-likeness (QED) is 0.914. The third kappa shape index (κ3) is 3.43. The van der Waals surface area contributed by atoms with Gasteiger partial charge in [-0.3, -0.25) is 0 Å². The Labute approximate surface area is 112 Å². The van der Waals surface area contributed by atoms with Crippen LogP contribution < -0.4 is 5.73 Å². The summed E-state index contributed by atoms with van der Waals surface area (Å²) in [5.41, 5.74) is 8.03. The Morgan fingerprint density at radius 1 is 1.42 bits per heavy atom. The van der Waals surface area contributed by atoms with Gasteiger partial charge in [-0.25, -0.2) is 4.39 Å². The fourth-order valence-electron chi connectivity index (χ4n) is 2.12. The van der Waals surface area contributed by atoms with Crippen molar-refractivity contribution >= 4 is 0 Å². The van der Waals surface area contributed by atoms with E-state index in [1.54, 1.807) is 6.07 Å². The van der Waals surface area contributed by atoms with E-state index in [0.29, 0.717) is 12.1 Å². The number of halogens is 1. The zero-order chi connectivity index (χ0) is 13.8. The predicted octanol–water partition coefficient (Wildman–Crippen LogP) is 2.44. The van der Waals surface area contributed by atoms with Crippen LogP contribution in [-0.2, 0) is 13.0 Å². The van der Waals surface area contributed by atoms with Gasteiger partial charge >= 0.3 is 0 Å². The third-order valence-corrected chi connectivity index (χ3v) is 2.89. The summed E-state index contributed by atoms with van der Waals surface area (Å²) in [5.74, 6) is -0.380. The molecule has 0 aliphatic carbocycles. The molecule has 0 saturated heterocycles. The number of rotatable bonds is 4. The molecule has 0 amide bonds. The second-order valence-corrected chi connectivity index (χ2v) is 4.77. The molecule has 3 nitrogen and oxygen atoms in total. The van der Waals surface area contributed by atoms with Gasteiger partial charge in [0, 0.05) is 30.9 Å². The lowest BCUT2D eigenvalue weighted by Crippen LogP contribution is -2.20. The molecule has 2 N–H and O–H groups in total. The van der Waals surface area contributed by atoms with Gasteiger partial charge in [0.05, 0.1) is 11.6 Å². The second-order valence-electron chi connectivity index (χ2n) is 4.77. The first-order valence-corrected chi connectivity index (χ1v) is 6.17. The number of hydrogen-bond acceptors (Lipinski definition) is 2.